The second-order valence-electron chi connectivity index (χ2n) is 3.10. The lowest BCUT2D eigenvalue weighted by atomic mass is 10.2. The number of nitrogens with one attached hydrogen (secondary N) is 2. The van der Waals surface area contributed by atoms with Gasteiger partial charge in [-0.05, 0) is 6.92 Å². The van der Waals surface area contributed by atoms with Crippen LogP contribution >= 0.6 is 12.2 Å². The van der Waals surface area contributed by atoms with E-state index >= 15 is 0 Å². The highest BCUT2D eigenvalue weighted by Crippen LogP contribution is 2.10. The van der Waals surface area contributed by atoms with Gasteiger partial charge in [0.15, 0.2) is 0 Å². The van der Waals surface area contributed by atoms with Crippen LogP contribution in [0, 0.1) is 0 Å². The van der Waals surface area contributed by atoms with Crippen molar-refractivity contribution in [2.24, 2.45) is 5.73 Å². The molecule has 0 spiro atoms. The molecule has 0 aliphatic rings. The van der Waals surface area contributed by atoms with Gasteiger partial charge >= 0.3 is 0 Å². The number of sulfonamides is 1. The summed E-state index contributed by atoms with van der Waals surface area (Å²) in [5.74, 6) is -0.343. The zero-order valence-electron chi connectivity index (χ0n) is 8.10. The summed E-state index contributed by atoms with van der Waals surface area (Å²) in [5.41, 5.74) is 5.92. The third-order valence-corrected chi connectivity index (χ3v) is 3.44. The lowest BCUT2D eigenvalue weighted by Crippen LogP contribution is -2.33. The minimum atomic E-state index is -3.46. The van der Waals surface area contributed by atoms with Crippen LogP contribution in [0.5, 0.6) is 0 Å². The first kappa shape index (κ1) is 12.1. The summed E-state index contributed by atoms with van der Waals surface area (Å²) in [6.45, 7) is 1.71. The van der Waals surface area contributed by atoms with E-state index in [1.54, 1.807) is 19.3 Å². The minimum absolute atomic E-state index is 0.0538. The van der Waals surface area contributed by atoms with Gasteiger partial charge in [0.1, 0.15) is 5.75 Å². The number of hydrogen-bond acceptors (Lipinski definition) is 4. The highest BCUT2D eigenvalue weighted by Gasteiger charge is 2.17. The van der Waals surface area contributed by atoms with Gasteiger partial charge in [-0.2, -0.15) is 5.10 Å². The number of rotatable bonds is 5. The van der Waals surface area contributed by atoms with Gasteiger partial charge in [0.2, 0.25) is 10.0 Å². The quantitative estimate of drug-likeness (QED) is 0.620. The summed E-state index contributed by atoms with van der Waals surface area (Å²) < 4.78 is 25.3. The normalized spacial score (nSPS) is 13.7. The number of aromatic amines is 1. The average Bonchev–Trinajstić information content (AvgIpc) is 2.50. The van der Waals surface area contributed by atoms with E-state index in [1.165, 1.54) is 0 Å². The molecule has 1 rings (SSSR count). The van der Waals surface area contributed by atoms with Crippen molar-refractivity contribution in [2.75, 3.05) is 5.75 Å². The van der Waals surface area contributed by atoms with Crippen LogP contribution in [0.2, 0.25) is 0 Å². The predicted molar refractivity (Wildman–Crippen MR) is 60.7 cm³/mol. The molecule has 15 heavy (non-hydrogen) atoms. The molecule has 1 heterocycles. The van der Waals surface area contributed by atoms with Gasteiger partial charge in [0.05, 0.1) is 11.2 Å². The lowest BCUT2D eigenvalue weighted by Gasteiger charge is -2.11. The summed E-state index contributed by atoms with van der Waals surface area (Å²) in [4.78, 5) is -0.0538. The van der Waals surface area contributed by atoms with E-state index < -0.39 is 10.0 Å². The predicted octanol–water partition coefficient (Wildman–Crippen LogP) is -0.324. The maximum Gasteiger partial charge on any atom is 0.218 e. The third-order valence-electron chi connectivity index (χ3n) is 1.71. The van der Waals surface area contributed by atoms with Crippen molar-refractivity contribution in [3.8, 4) is 0 Å². The van der Waals surface area contributed by atoms with Crippen molar-refractivity contribution in [1.29, 1.82) is 0 Å². The molecule has 0 bridgehead atoms. The Labute approximate surface area is 93.3 Å². The Kier molecular flexibility index (Phi) is 3.77. The molecule has 0 saturated carbocycles. The molecule has 0 radical (unpaired) electrons. The molecular weight excluding hydrogens is 236 g/mol. The zero-order chi connectivity index (χ0) is 11.5. The average molecular weight is 248 g/mol. The molecule has 1 unspecified atom stereocenters. The summed E-state index contributed by atoms with van der Waals surface area (Å²) in [5, 5.41) is 6.33. The summed E-state index contributed by atoms with van der Waals surface area (Å²) in [7, 11) is -3.46. The Hall–Kier alpha value is -0.990. The van der Waals surface area contributed by atoms with Crippen molar-refractivity contribution in [3.63, 3.8) is 0 Å². The van der Waals surface area contributed by atoms with Gasteiger partial charge in [0.25, 0.3) is 0 Å². The Bertz CT molecular complexity index is 426. The zero-order valence-corrected chi connectivity index (χ0v) is 9.73. The molecule has 4 N–H and O–H groups in total. The highest BCUT2D eigenvalue weighted by atomic mass is 32.2. The topological polar surface area (TPSA) is 101 Å². The number of nitrogens with two attached hydrogens (primary N) is 1. The van der Waals surface area contributed by atoms with Gasteiger partial charge in [-0.15, -0.1) is 0 Å². The fourth-order valence-electron chi connectivity index (χ4n) is 1.06. The molecule has 8 heteroatoms. The number of H-pyrrole nitrogens is 1. The fourth-order valence-corrected chi connectivity index (χ4v) is 2.66. The monoisotopic (exact) mass is 248 g/mol. The van der Waals surface area contributed by atoms with Crippen LogP contribution in [0.4, 0.5) is 0 Å². The van der Waals surface area contributed by atoms with Crippen molar-refractivity contribution >= 4 is 27.2 Å². The van der Waals surface area contributed by atoms with Crippen LogP contribution in [0.15, 0.2) is 12.4 Å². The number of aromatic nitrogens is 2. The van der Waals surface area contributed by atoms with E-state index in [4.69, 9.17) is 5.73 Å². The second-order valence-corrected chi connectivity index (χ2v) is 5.37. The van der Waals surface area contributed by atoms with Crippen LogP contribution < -0.4 is 10.5 Å². The van der Waals surface area contributed by atoms with E-state index in [0.29, 0.717) is 0 Å². The van der Waals surface area contributed by atoms with Crippen LogP contribution in [-0.4, -0.2) is 29.4 Å². The summed E-state index contributed by atoms with van der Waals surface area (Å²) >= 11 is 4.54. The molecule has 0 aliphatic carbocycles. The Morgan fingerprint density at radius 2 is 2.47 bits per heavy atom. The van der Waals surface area contributed by atoms with Gasteiger partial charge in [-0.3, -0.25) is 5.10 Å². The molecule has 0 saturated heterocycles. The molecule has 1 aromatic rings. The Balaban J connectivity index is 2.66. The van der Waals surface area contributed by atoms with Gasteiger partial charge in [0, 0.05) is 17.8 Å². The standard InChI is InChI=1S/C7H12N4O2S2/c1-5(6-2-9-10-3-6)11-15(12,13)4-7(8)14/h2-3,5,11H,4H2,1H3,(H2,8,14)(H,9,10). The van der Waals surface area contributed by atoms with Crippen molar-refractivity contribution < 1.29 is 8.42 Å². The molecule has 1 atom stereocenters. The highest BCUT2D eigenvalue weighted by molar-refractivity contribution is 7.92. The van der Waals surface area contributed by atoms with E-state index in [2.05, 4.69) is 27.1 Å². The summed E-state index contributed by atoms with van der Waals surface area (Å²) in [6.07, 6.45) is 3.17. The number of hydrogen-bond donors (Lipinski definition) is 3. The fraction of sp³-hybridized carbons (Fsp3) is 0.429. The number of thiocarbonyl (C=S) groups is 1. The first-order valence-electron chi connectivity index (χ1n) is 4.18. The third kappa shape index (κ3) is 3.94. The maximum absolute atomic E-state index is 11.4. The smallest absolute Gasteiger partial charge is 0.218 e. The van der Waals surface area contributed by atoms with E-state index in [0.717, 1.165) is 5.56 Å². The molecule has 0 amide bonds. The largest absolute Gasteiger partial charge is 0.392 e. The van der Waals surface area contributed by atoms with Gasteiger partial charge in [-0.25, -0.2) is 13.1 Å². The van der Waals surface area contributed by atoms with Gasteiger partial charge in [-0.1, -0.05) is 12.2 Å². The van der Waals surface area contributed by atoms with Crippen molar-refractivity contribution in [2.45, 2.75) is 13.0 Å². The van der Waals surface area contributed by atoms with Crippen molar-refractivity contribution in [1.82, 2.24) is 14.9 Å². The number of nitrogens with zero attached hydrogens (tertiary/aromatic N) is 1. The SMILES string of the molecule is CC(NS(=O)(=O)CC(N)=S)c1cn[nH]c1. The second kappa shape index (κ2) is 4.69. The van der Waals surface area contributed by atoms with Crippen molar-refractivity contribution in [3.05, 3.63) is 18.0 Å². The van der Waals surface area contributed by atoms with Crippen LogP contribution in [0.3, 0.4) is 0 Å². The molecular formula is C7H12N4O2S2. The van der Waals surface area contributed by atoms with Gasteiger partial charge < -0.3 is 5.73 Å². The van der Waals surface area contributed by atoms with E-state index in [9.17, 15) is 8.42 Å². The van der Waals surface area contributed by atoms with Crippen LogP contribution in [0.25, 0.3) is 0 Å². The van der Waals surface area contributed by atoms with E-state index in [-0.39, 0.29) is 16.8 Å². The first-order chi connectivity index (χ1) is 6.91. The molecule has 84 valence electrons. The minimum Gasteiger partial charge on any atom is -0.392 e. The molecule has 6 nitrogen and oxygen atoms in total. The van der Waals surface area contributed by atoms with Crippen LogP contribution in [0.1, 0.15) is 18.5 Å². The Morgan fingerprint density at radius 3 is 2.93 bits per heavy atom. The van der Waals surface area contributed by atoms with E-state index in [1.807, 2.05) is 0 Å². The lowest BCUT2D eigenvalue weighted by molar-refractivity contribution is 0.571. The molecule has 0 aliphatic heterocycles. The van der Waals surface area contributed by atoms with Crippen LogP contribution in [-0.2, 0) is 10.0 Å². The Morgan fingerprint density at radius 1 is 1.80 bits per heavy atom. The molecule has 0 aromatic carbocycles. The summed E-state index contributed by atoms with van der Waals surface area (Å²) in [6, 6.07) is -0.358. The maximum atomic E-state index is 11.4. The molecule has 1 aromatic heterocycles. The molecule has 0 fully saturated rings. The first-order valence-corrected chi connectivity index (χ1v) is 6.24.